The summed E-state index contributed by atoms with van der Waals surface area (Å²) in [6, 6.07) is 0. The number of hydrogen-bond acceptors (Lipinski definition) is 3. The minimum absolute atomic E-state index is 0.193. The van der Waals surface area contributed by atoms with Crippen LogP contribution in [0.2, 0.25) is 0 Å². The highest BCUT2D eigenvalue weighted by molar-refractivity contribution is 5.88. The van der Waals surface area contributed by atoms with Crippen LogP contribution in [0.1, 0.15) is 22.0 Å². The average molecular weight is 182 g/mol. The monoisotopic (exact) mass is 182 g/mol. The standard InChI is InChI=1S/C8H10N2O3/c1-10-7(5-3-13-4-5)6(2-9-10)8(11)12/h2,5H,3-4H2,1H3,(H,11,12). The molecule has 1 aliphatic rings. The van der Waals surface area contributed by atoms with Crippen LogP contribution in [-0.4, -0.2) is 34.1 Å². The van der Waals surface area contributed by atoms with E-state index in [9.17, 15) is 4.79 Å². The summed E-state index contributed by atoms with van der Waals surface area (Å²) in [5.74, 6) is -0.728. The first-order valence-electron chi connectivity index (χ1n) is 4.03. The van der Waals surface area contributed by atoms with Gasteiger partial charge in [-0.2, -0.15) is 5.10 Å². The van der Waals surface area contributed by atoms with Crippen LogP contribution in [0.4, 0.5) is 0 Å². The molecule has 0 atom stereocenters. The number of aryl methyl sites for hydroxylation is 1. The zero-order valence-electron chi connectivity index (χ0n) is 7.23. The molecular formula is C8H10N2O3. The number of hydrogen-bond donors (Lipinski definition) is 1. The van der Waals surface area contributed by atoms with Gasteiger partial charge in [-0.15, -0.1) is 0 Å². The number of nitrogens with zero attached hydrogens (tertiary/aromatic N) is 2. The van der Waals surface area contributed by atoms with Crippen molar-refractivity contribution < 1.29 is 14.6 Å². The fourth-order valence-electron chi connectivity index (χ4n) is 1.49. The lowest BCUT2D eigenvalue weighted by atomic mass is 10.0. The maximum atomic E-state index is 10.8. The van der Waals surface area contributed by atoms with E-state index in [-0.39, 0.29) is 11.5 Å². The Hall–Kier alpha value is -1.36. The number of carbonyl (C=O) groups is 1. The van der Waals surface area contributed by atoms with Gasteiger partial charge >= 0.3 is 5.97 Å². The summed E-state index contributed by atoms with van der Waals surface area (Å²) in [5.41, 5.74) is 1.05. The van der Waals surface area contributed by atoms with Gasteiger partial charge in [0, 0.05) is 13.0 Å². The zero-order chi connectivity index (χ0) is 9.42. The third kappa shape index (κ3) is 1.21. The van der Waals surface area contributed by atoms with E-state index in [1.165, 1.54) is 6.20 Å². The van der Waals surface area contributed by atoms with E-state index in [1.54, 1.807) is 11.7 Å². The summed E-state index contributed by atoms with van der Waals surface area (Å²) in [5, 5.41) is 12.8. The van der Waals surface area contributed by atoms with Crippen molar-refractivity contribution in [2.45, 2.75) is 5.92 Å². The molecule has 0 aliphatic carbocycles. The van der Waals surface area contributed by atoms with Gasteiger partial charge in [0.15, 0.2) is 0 Å². The Kier molecular flexibility index (Phi) is 1.81. The lowest BCUT2D eigenvalue weighted by molar-refractivity contribution is 0.00468. The Morgan fingerprint density at radius 1 is 1.77 bits per heavy atom. The van der Waals surface area contributed by atoms with Crippen LogP contribution in [0.25, 0.3) is 0 Å². The van der Waals surface area contributed by atoms with E-state index >= 15 is 0 Å². The summed E-state index contributed by atoms with van der Waals surface area (Å²) in [6.07, 6.45) is 1.38. The van der Waals surface area contributed by atoms with Crippen molar-refractivity contribution in [1.29, 1.82) is 0 Å². The van der Waals surface area contributed by atoms with Crippen molar-refractivity contribution in [2.24, 2.45) is 7.05 Å². The highest BCUT2D eigenvalue weighted by Crippen LogP contribution is 2.26. The first-order chi connectivity index (χ1) is 6.20. The molecule has 2 heterocycles. The van der Waals surface area contributed by atoms with Gasteiger partial charge in [0.2, 0.25) is 0 Å². The highest BCUT2D eigenvalue weighted by atomic mass is 16.5. The molecule has 0 bridgehead atoms. The highest BCUT2D eigenvalue weighted by Gasteiger charge is 2.28. The molecule has 1 aromatic heterocycles. The fourth-order valence-corrected chi connectivity index (χ4v) is 1.49. The second-order valence-corrected chi connectivity index (χ2v) is 3.11. The normalized spacial score (nSPS) is 17.0. The largest absolute Gasteiger partial charge is 0.478 e. The molecule has 2 rings (SSSR count). The van der Waals surface area contributed by atoms with Gasteiger partial charge in [0.25, 0.3) is 0 Å². The zero-order valence-corrected chi connectivity index (χ0v) is 7.23. The predicted octanol–water partition coefficient (Wildman–Crippen LogP) is 0.232. The summed E-state index contributed by atoms with van der Waals surface area (Å²) in [4.78, 5) is 10.8. The Balaban J connectivity index is 2.39. The molecule has 5 heteroatoms. The van der Waals surface area contributed by atoms with Gasteiger partial charge in [-0.1, -0.05) is 0 Å². The Labute approximate surface area is 74.9 Å². The molecule has 1 aromatic rings. The minimum atomic E-state index is -0.921. The van der Waals surface area contributed by atoms with Crippen LogP contribution in [0.15, 0.2) is 6.20 Å². The third-order valence-corrected chi connectivity index (χ3v) is 2.24. The molecule has 0 unspecified atom stereocenters. The van der Waals surface area contributed by atoms with Crippen molar-refractivity contribution in [3.63, 3.8) is 0 Å². The van der Waals surface area contributed by atoms with Gasteiger partial charge in [0.05, 0.1) is 25.1 Å². The second-order valence-electron chi connectivity index (χ2n) is 3.11. The van der Waals surface area contributed by atoms with Crippen LogP contribution in [0.5, 0.6) is 0 Å². The van der Waals surface area contributed by atoms with Crippen LogP contribution < -0.4 is 0 Å². The summed E-state index contributed by atoms with van der Waals surface area (Å²) in [6.45, 7) is 1.19. The molecule has 0 saturated carbocycles. The first-order valence-corrected chi connectivity index (χ1v) is 4.03. The van der Waals surface area contributed by atoms with Crippen molar-refractivity contribution in [1.82, 2.24) is 9.78 Å². The molecule has 13 heavy (non-hydrogen) atoms. The molecule has 70 valence electrons. The fraction of sp³-hybridized carbons (Fsp3) is 0.500. The van der Waals surface area contributed by atoms with Crippen molar-refractivity contribution in [2.75, 3.05) is 13.2 Å². The first kappa shape index (κ1) is 8.25. The van der Waals surface area contributed by atoms with E-state index in [2.05, 4.69) is 5.10 Å². The SMILES string of the molecule is Cn1ncc(C(=O)O)c1C1COC1. The maximum Gasteiger partial charge on any atom is 0.339 e. The van der Waals surface area contributed by atoms with Crippen LogP contribution in [0, 0.1) is 0 Å². The van der Waals surface area contributed by atoms with Crippen LogP contribution >= 0.6 is 0 Å². The van der Waals surface area contributed by atoms with Crippen molar-refractivity contribution in [3.05, 3.63) is 17.5 Å². The van der Waals surface area contributed by atoms with Crippen molar-refractivity contribution >= 4 is 5.97 Å². The molecule has 0 spiro atoms. The van der Waals surface area contributed by atoms with Crippen molar-refractivity contribution in [3.8, 4) is 0 Å². The number of aromatic carboxylic acids is 1. The van der Waals surface area contributed by atoms with Crippen LogP contribution in [0.3, 0.4) is 0 Å². The average Bonchev–Trinajstić information content (AvgIpc) is 2.30. The maximum absolute atomic E-state index is 10.8. The smallest absolute Gasteiger partial charge is 0.339 e. The lowest BCUT2D eigenvalue weighted by Gasteiger charge is -2.26. The number of carboxylic acid groups (broad SMARTS) is 1. The Morgan fingerprint density at radius 3 is 2.92 bits per heavy atom. The van der Waals surface area contributed by atoms with Gasteiger partial charge in [0.1, 0.15) is 5.56 Å². The third-order valence-electron chi connectivity index (χ3n) is 2.24. The lowest BCUT2D eigenvalue weighted by Crippen LogP contribution is -2.28. The molecule has 1 N–H and O–H groups in total. The van der Waals surface area contributed by atoms with E-state index in [4.69, 9.17) is 9.84 Å². The molecular weight excluding hydrogens is 172 g/mol. The predicted molar refractivity (Wildman–Crippen MR) is 43.7 cm³/mol. The van der Waals surface area contributed by atoms with Gasteiger partial charge < -0.3 is 9.84 Å². The minimum Gasteiger partial charge on any atom is -0.478 e. The van der Waals surface area contributed by atoms with Crippen LogP contribution in [-0.2, 0) is 11.8 Å². The summed E-state index contributed by atoms with van der Waals surface area (Å²) < 4.78 is 6.62. The number of rotatable bonds is 2. The molecule has 1 aliphatic heterocycles. The van der Waals surface area contributed by atoms with Gasteiger partial charge in [-0.25, -0.2) is 4.79 Å². The Bertz CT molecular complexity index is 341. The van der Waals surface area contributed by atoms with E-state index in [0.717, 1.165) is 5.69 Å². The molecule has 1 saturated heterocycles. The van der Waals surface area contributed by atoms with E-state index in [0.29, 0.717) is 13.2 Å². The topological polar surface area (TPSA) is 64.4 Å². The van der Waals surface area contributed by atoms with Gasteiger partial charge in [-0.3, -0.25) is 4.68 Å². The van der Waals surface area contributed by atoms with E-state index < -0.39 is 5.97 Å². The molecule has 0 radical (unpaired) electrons. The molecule has 0 aromatic carbocycles. The number of ether oxygens (including phenoxy) is 1. The number of carboxylic acids is 1. The summed E-state index contributed by atoms with van der Waals surface area (Å²) >= 11 is 0. The molecule has 0 amide bonds. The second kappa shape index (κ2) is 2.85. The summed E-state index contributed by atoms with van der Waals surface area (Å²) in [7, 11) is 1.75. The molecule has 5 nitrogen and oxygen atoms in total. The quantitative estimate of drug-likeness (QED) is 0.711. The van der Waals surface area contributed by atoms with Gasteiger partial charge in [-0.05, 0) is 0 Å². The Morgan fingerprint density at radius 2 is 2.46 bits per heavy atom. The van der Waals surface area contributed by atoms with E-state index in [1.807, 2.05) is 0 Å². The number of aromatic nitrogens is 2. The molecule has 1 fully saturated rings.